The van der Waals surface area contributed by atoms with Gasteiger partial charge in [0.2, 0.25) is 0 Å². The van der Waals surface area contributed by atoms with Gasteiger partial charge in [-0.15, -0.1) is 0 Å². The summed E-state index contributed by atoms with van der Waals surface area (Å²) in [6.45, 7) is 9.91. The van der Waals surface area contributed by atoms with Crippen molar-refractivity contribution in [2.24, 2.45) is 5.41 Å². The van der Waals surface area contributed by atoms with Crippen LogP contribution >= 0.6 is 10.7 Å². The molecule has 1 aromatic rings. The fourth-order valence-electron chi connectivity index (χ4n) is 1.72. The van der Waals surface area contributed by atoms with Crippen LogP contribution in [-0.4, -0.2) is 20.4 Å². The summed E-state index contributed by atoms with van der Waals surface area (Å²) in [4.78, 5) is 12.4. The summed E-state index contributed by atoms with van der Waals surface area (Å²) in [6, 6.07) is 4.34. The lowest BCUT2D eigenvalue weighted by atomic mass is 9.88. The first-order chi connectivity index (χ1) is 9.46. The summed E-state index contributed by atoms with van der Waals surface area (Å²) in [5.74, 6) is -0.281. The van der Waals surface area contributed by atoms with Crippen LogP contribution in [-0.2, 0) is 15.5 Å². The molecule has 0 aliphatic heterocycles. The summed E-state index contributed by atoms with van der Waals surface area (Å²) in [5, 5.41) is 2.91. The molecular formula is C15H22ClNO3S. The van der Waals surface area contributed by atoms with E-state index in [0.29, 0.717) is 12.0 Å². The molecule has 1 unspecified atom stereocenters. The molecule has 0 heterocycles. The second kappa shape index (κ2) is 6.36. The monoisotopic (exact) mass is 331 g/mol. The maximum Gasteiger partial charge on any atom is 0.261 e. The third-order valence-corrected chi connectivity index (χ3v) is 4.99. The first-order valence-corrected chi connectivity index (χ1v) is 9.16. The number of hydrogen-bond donors (Lipinski definition) is 1. The molecule has 0 saturated heterocycles. The van der Waals surface area contributed by atoms with Gasteiger partial charge >= 0.3 is 0 Å². The number of aryl methyl sites for hydroxylation is 1. The Morgan fingerprint density at radius 1 is 1.33 bits per heavy atom. The highest BCUT2D eigenvalue weighted by molar-refractivity contribution is 8.13. The van der Waals surface area contributed by atoms with Crippen LogP contribution in [0, 0.1) is 5.41 Å². The Kier molecular flexibility index (Phi) is 5.45. The number of hydrogen-bond acceptors (Lipinski definition) is 3. The summed E-state index contributed by atoms with van der Waals surface area (Å²) < 4.78 is 22.8. The minimum atomic E-state index is -3.85. The largest absolute Gasteiger partial charge is 0.349 e. The molecule has 0 radical (unpaired) electrons. The zero-order valence-corrected chi connectivity index (χ0v) is 14.6. The van der Waals surface area contributed by atoms with Gasteiger partial charge in [-0.2, -0.15) is 0 Å². The van der Waals surface area contributed by atoms with Crippen molar-refractivity contribution in [2.45, 2.75) is 52.0 Å². The summed E-state index contributed by atoms with van der Waals surface area (Å²) in [6.07, 6.45) is 0.634. The van der Waals surface area contributed by atoms with E-state index in [4.69, 9.17) is 10.7 Å². The van der Waals surface area contributed by atoms with Gasteiger partial charge in [-0.1, -0.05) is 33.8 Å². The molecule has 6 heteroatoms. The van der Waals surface area contributed by atoms with Crippen LogP contribution in [0.1, 0.15) is 50.5 Å². The highest BCUT2D eigenvalue weighted by Crippen LogP contribution is 2.22. The molecule has 0 spiro atoms. The molecule has 0 aliphatic rings. The fraction of sp³-hybridized carbons (Fsp3) is 0.533. The fourth-order valence-corrected chi connectivity index (χ4v) is 2.49. The Hall–Kier alpha value is -1.07. The normalized spacial score (nSPS) is 13.8. The highest BCUT2D eigenvalue weighted by atomic mass is 35.7. The molecule has 0 saturated carbocycles. The lowest BCUT2D eigenvalue weighted by molar-refractivity contribution is 0.0909. The average molecular weight is 332 g/mol. The molecule has 0 bridgehead atoms. The molecule has 0 fully saturated rings. The van der Waals surface area contributed by atoms with Crippen molar-refractivity contribution in [1.29, 1.82) is 0 Å². The molecule has 1 atom stereocenters. The number of nitrogens with one attached hydrogen (secondary N) is 1. The molecule has 0 aromatic heterocycles. The first kappa shape index (κ1) is 18.0. The van der Waals surface area contributed by atoms with Gasteiger partial charge in [0.05, 0.1) is 4.90 Å². The first-order valence-electron chi connectivity index (χ1n) is 6.85. The minimum absolute atomic E-state index is 0.0500. The minimum Gasteiger partial charge on any atom is -0.349 e. The molecular weight excluding hydrogens is 310 g/mol. The lowest BCUT2D eigenvalue weighted by Crippen LogP contribution is -2.41. The molecule has 1 amide bonds. The lowest BCUT2D eigenvalue weighted by Gasteiger charge is -2.28. The Labute approximate surface area is 131 Å². The van der Waals surface area contributed by atoms with Crippen molar-refractivity contribution in [1.82, 2.24) is 5.32 Å². The number of rotatable bonds is 4. The van der Waals surface area contributed by atoms with Gasteiger partial charge in [-0.25, -0.2) is 8.42 Å². The van der Waals surface area contributed by atoms with Gasteiger partial charge in [0.25, 0.3) is 15.0 Å². The summed E-state index contributed by atoms with van der Waals surface area (Å²) in [7, 11) is 1.50. The molecule has 4 nitrogen and oxygen atoms in total. The van der Waals surface area contributed by atoms with Gasteiger partial charge in [-0.3, -0.25) is 4.79 Å². The zero-order chi connectivity index (χ0) is 16.4. The van der Waals surface area contributed by atoms with Crippen molar-refractivity contribution < 1.29 is 13.2 Å². The van der Waals surface area contributed by atoms with E-state index in [1.54, 1.807) is 6.07 Å². The average Bonchev–Trinajstić information content (AvgIpc) is 2.35. The predicted octanol–water partition coefficient (Wildman–Crippen LogP) is 3.34. The van der Waals surface area contributed by atoms with Crippen LogP contribution in [0.2, 0.25) is 0 Å². The van der Waals surface area contributed by atoms with Crippen molar-refractivity contribution in [3.05, 3.63) is 29.3 Å². The van der Waals surface area contributed by atoms with Gasteiger partial charge in [0.1, 0.15) is 0 Å². The third kappa shape index (κ3) is 4.71. The van der Waals surface area contributed by atoms with Crippen molar-refractivity contribution >= 4 is 25.6 Å². The molecule has 0 aliphatic carbocycles. The summed E-state index contributed by atoms with van der Waals surface area (Å²) >= 11 is 0. The molecule has 1 N–H and O–H groups in total. The van der Waals surface area contributed by atoms with E-state index in [0.717, 1.165) is 5.56 Å². The van der Waals surface area contributed by atoms with E-state index in [1.165, 1.54) is 12.1 Å². The number of carbonyl (C=O) groups is 1. The topological polar surface area (TPSA) is 63.2 Å². The quantitative estimate of drug-likeness (QED) is 0.861. The van der Waals surface area contributed by atoms with E-state index >= 15 is 0 Å². The number of halogens is 1. The Morgan fingerprint density at radius 3 is 2.33 bits per heavy atom. The Balaban J connectivity index is 3.19. The van der Waals surface area contributed by atoms with E-state index in [1.807, 2.05) is 34.6 Å². The standard InChI is InChI=1S/C15H22ClNO3S/c1-6-11-7-8-12(21(16,19)20)9-13(11)14(18)17-10(2)15(3,4)5/h7-10H,6H2,1-5H3,(H,17,18). The second-order valence-corrected chi connectivity index (χ2v) is 8.74. The molecule has 1 rings (SSSR count). The van der Waals surface area contributed by atoms with Gasteiger partial charge in [0, 0.05) is 22.3 Å². The zero-order valence-electron chi connectivity index (χ0n) is 13.0. The van der Waals surface area contributed by atoms with Gasteiger partial charge in [0.15, 0.2) is 0 Å². The smallest absolute Gasteiger partial charge is 0.261 e. The third-order valence-electron chi connectivity index (χ3n) is 3.64. The number of carbonyl (C=O) groups excluding carboxylic acids is 1. The Bertz CT molecular complexity index is 633. The van der Waals surface area contributed by atoms with Crippen LogP contribution in [0.25, 0.3) is 0 Å². The van der Waals surface area contributed by atoms with Crippen molar-refractivity contribution in [3.8, 4) is 0 Å². The van der Waals surface area contributed by atoms with Crippen LogP contribution < -0.4 is 5.32 Å². The van der Waals surface area contributed by atoms with E-state index in [9.17, 15) is 13.2 Å². The maximum atomic E-state index is 12.4. The van der Waals surface area contributed by atoms with Crippen LogP contribution in [0.4, 0.5) is 0 Å². The van der Waals surface area contributed by atoms with Crippen molar-refractivity contribution in [3.63, 3.8) is 0 Å². The van der Waals surface area contributed by atoms with Crippen LogP contribution in [0.3, 0.4) is 0 Å². The van der Waals surface area contributed by atoms with E-state index in [-0.39, 0.29) is 22.3 Å². The Morgan fingerprint density at radius 2 is 1.90 bits per heavy atom. The number of benzene rings is 1. The molecule has 21 heavy (non-hydrogen) atoms. The number of amides is 1. The van der Waals surface area contributed by atoms with Crippen molar-refractivity contribution in [2.75, 3.05) is 0 Å². The van der Waals surface area contributed by atoms with E-state index < -0.39 is 9.05 Å². The second-order valence-electron chi connectivity index (χ2n) is 6.17. The summed E-state index contributed by atoms with van der Waals surface area (Å²) in [5.41, 5.74) is 1.06. The van der Waals surface area contributed by atoms with Gasteiger partial charge < -0.3 is 5.32 Å². The van der Waals surface area contributed by atoms with E-state index in [2.05, 4.69) is 5.32 Å². The predicted molar refractivity (Wildman–Crippen MR) is 85.2 cm³/mol. The molecule has 1 aromatic carbocycles. The maximum absolute atomic E-state index is 12.4. The van der Waals surface area contributed by atoms with Gasteiger partial charge in [-0.05, 0) is 36.5 Å². The SMILES string of the molecule is CCc1ccc(S(=O)(=O)Cl)cc1C(=O)NC(C)C(C)(C)C. The molecule has 118 valence electrons. The van der Waals surface area contributed by atoms with Crippen LogP contribution in [0.15, 0.2) is 23.1 Å². The highest BCUT2D eigenvalue weighted by Gasteiger charge is 2.24. The van der Waals surface area contributed by atoms with Crippen LogP contribution in [0.5, 0.6) is 0 Å².